The second-order valence-electron chi connectivity index (χ2n) is 4.92. The topological polar surface area (TPSA) is 50.5 Å². The van der Waals surface area contributed by atoms with Gasteiger partial charge in [0.25, 0.3) is 0 Å². The zero-order valence-electron chi connectivity index (χ0n) is 10.9. The molecule has 96 valence electrons. The zero-order valence-corrected chi connectivity index (χ0v) is 10.9. The third kappa shape index (κ3) is 2.47. The molecule has 0 amide bonds. The van der Waals surface area contributed by atoms with Gasteiger partial charge < -0.3 is 10.0 Å². The molecule has 2 rings (SSSR count). The number of aliphatic hydroxyl groups is 1. The fourth-order valence-corrected chi connectivity index (χ4v) is 2.43. The minimum absolute atomic E-state index is 0.152. The van der Waals surface area contributed by atoms with E-state index in [2.05, 4.69) is 29.8 Å². The van der Waals surface area contributed by atoms with Crippen molar-refractivity contribution in [2.24, 2.45) is 0 Å². The second kappa shape index (κ2) is 5.38. The summed E-state index contributed by atoms with van der Waals surface area (Å²) in [6.07, 6.45) is 0. The Morgan fingerprint density at radius 2 is 2.22 bits per heavy atom. The van der Waals surface area contributed by atoms with Crippen LogP contribution in [0.3, 0.4) is 0 Å². The van der Waals surface area contributed by atoms with Crippen LogP contribution in [-0.2, 0) is 0 Å². The summed E-state index contributed by atoms with van der Waals surface area (Å²) >= 11 is 0. The molecule has 0 bridgehead atoms. The standard InChI is InChI=1S/C14H19N3O/c1-11-8-17(9-14(10-18)16(11)2)13-5-3-4-12(6-13)7-15/h3-6,11,14,18H,8-10H2,1-2H3. The van der Waals surface area contributed by atoms with Crippen LogP contribution in [0.5, 0.6) is 0 Å². The fraction of sp³-hybridized carbons (Fsp3) is 0.500. The number of hydrogen-bond acceptors (Lipinski definition) is 4. The molecule has 0 saturated carbocycles. The van der Waals surface area contributed by atoms with Gasteiger partial charge in [0.05, 0.1) is 24.3 Å². The van der Waals surface area contributed by atoms with Gasteiger partial charge in [-0.05, 0) is 32.2 Å². The van der Waals surface area contributed by atoms with Crippen molar-refractivity contribution in [3.05, 3.63) is 29.8 Å². The van der Waals surface area contributed by atoms with E-state index in [9.17, 15) is 5.11 Å². The normalized spacial score (nSPS) is 24.9. The summed E-state index contributed by atoms with van der Waals surface area (Å²) in [5, 5.41) is 18.4. The number of aliphatic hydroxyl groups excluding tert-OH is 1. The number of anilines is 1. The molecule has 0 radical (unpaired) electrons. The largest absolute Gasteiger partial charge is 0.395 e. The van der Waals surface area contributed by atoms with Crippen molar-refractivity contribution in [1.29, 1.82) is 5.26 Å². The van der Waals surface area contributed by atoms with Gasteiger partial charge in [-0.15, -0.1) is 0 Å². The molecule has 1 aliphatic heterocycles. The Balaban J connectivity index is 2.20. The van der Waals surface area contributed by atoms with Crippen molar-refractivity contribution in [1.82, 2.24) is 4.90 Å². The van der Waals surface area contributed by atoms with Crippen LogP contribution in [0.25, 0.3) is 0 Å². The van der Waals surface area contributed by atoms with Gasteiger partial charge in [-0.1, -0.05) is 6.07 Å². The van der Waals surface area contributed by atoms with Crippen LogP contribution in [0.15, 0.2) is 24.3 Å². The van der Waals surface area contributed by atoms with E-state index in [1.54, 1.807) is 0 Å². The predicted molar refractivity (Wildman–Crippen MR) is 71.5 cm³/mol. The van der Waals surface area contributed by atoms with E-state index in [0.29, 0.717) is 11.6 Å². The molecule has 1 N–H and O–H groups in total. The molecule has 1 saturated heterocycles. The summed E-state index contributed by atoms with van der Waals surface area (Å²) in [7, 11) is 2.05. The van der Waals surface area contributed by atoms with Gasteiger partial charge in [-0.2, -0.15) is 5.26 Å². The fourth-order valence-electron chi connectivity index (χ4n) is 2.43. The molecule has 4 nitrogen and oxygen atoms in total. The van der Waals surface area contributed by atoms with Crippen LogP contribution >= 0.6 is 0 Å². The van der Waals surface area contributed by atoms with Crippen molar-refractivity contribution >= 4 is 5.69 Å². The highest BCUT2D eigenvalue weighted by Gasteiger charge is 2.28. The lowest BCUT2D eigenvalue weighted by Gasteiger charge is -2.44. The van der Waals surface area contributed by atoms with E-state index < -0.39 is 0 Å². The molecule has 1 heterocycles. The van der Waals surface area contributed by atoms with Crippen molar-refractivity contribution in [3.8, 4) is 6.07 Å². The van der Waals surface area contributed by atoms with Crippen LogP contribution in [0, 0.1) is 11.3 Å². The average molecular weight is 245 g/mol. The van der Waals surface area contributed by atoms with Crippen molar-refractivity contribution in [2.75, 3.05) is 31.6 Å². The zero-order chi connectivity index (χ0) is 13.1. The van der Waals surface area contributed by atoms with Crippen molar-refractivity contribution < 1.29 is 5.11 Å². The van der Waals surface area contributed by atoms with Gasteiger partial charge >= 0.3 is 0 Å². The van der Waals surface area contributed by atoms with Crippen LogP contribution in [-0.4, -0.2) is 48.8 Å². The molecule has 2 atom stereocenters. The van der Waals surface area contributed by atoms with E-state index >= 15 is 0 Å². The summed E-state index contributed by atoms with van der Waals surface area (Å²) in [5.41, 5.74) is 1.74. The lowest BCUT2D eigenvalue weighted by molar-refractivity contribution is 0.0996. The Bertz CT molecular complexity index is 455. The molecule has 2 unspecified atom stereocenters. The first-order valence-electron chi connectivity index (χ1n) is 6.23. The molecule has 0 spiro atoms. The monoisotopic (exact) mass is 245 g/mol. The molecule has 1 aliphatic rings. The molecular formula is C14H19N3O. The number of nitriles is 1. The van der Waals surface area contributed by atoms with Crippen molar-refractivity contribution in [2.45, 2.75) is 19.0 Å². The highest BCUT2D eigenvalue weighted by atomic mass is 16.3. The van der Waals surface area contributed by atoms with Gasteiger partial charge in [0.15, 0.2) is 0 Å². The predicted octanol–water partition coefficient (Wildman–Crippen LogP) is 1.06. The molecule has 1 fully saturated rings. The minimum Gasteiger partial charge on any atom is -0.395 e. The number of nitrogens with zero attached hydrogens (tertiary/aromatic N) is 3. The average Bonchev–Trinajstić information content (AvgIpc) is 2.41. The third-order valence-electron chi connectivity index (χ3n) is 3.74. The summed E-state index contributed by atoms with van der Waals surface area (Å²) in [6.45, 7) is 4.03. The number of benzene rings is 1. The highest BCUT2D eigenvalue weighted by Crippen LogP contribution is 2.22. The van der Waals surface area contributed by atoms with Crippen LogP contribution in [0.4, 0.5) is 5.69 Å². The summed E-state index contributed by atoms with van der Waals surface area (Å²) in [6, 6.07) is 10.4. The SMILES string of the molecule is CC1CN(c2cccc(C#N)c2)CC(CO)N1C. The molecule has 0 aliphatic carbocycles. The number of rotatable bonds is 2. The summed E-state index contributed by atoms with van der Waals surface area (Å²) < 4.78 is 0. The first-order chi connectivity index (χ1) is 8.65. The first-order valence-corrected chi connectivity index (χ1v) is 6.23. The Labute approximate surface area is 108 Å². The number of likely N-dealkylation sites (N-methyl/N-ethyl adjacent to an activating group) is 1. The van der Waals surface area contributed by atoms with E-state index in [-0.39, 0.29) is 12.6 Å². The van der Waals surface area contributed by atoms with Gasteiger partial charge in [-0.3, -0.25) is 4.90 Å². The molecule has 1 aromatic carbocycles. The third-order valence-corrected chi connectivity index (χ3v) is 3.74. The van der Waals surface area contributed by atoms with Crippen molar-refractivity contribution in [3.63, 3.8) is 0 Å². The van der Waals surface area contributed by atoms with Gasteiger partial charge in [0, 0.05) is 24.8 Å². The Morgan fingerprint density at radius 1 is 1.44 bits per heavy atom. The smallest absolute Gasteiger partial charge is 0.0992 e. The molecular weight excluding hydrogens is 226 g/mol. The quantitative estimate of drug-likeness (QED) is 0.846. The van der Waals surface area contributed by atoms with Crippen LogP contribution in [0.2, 0.25) is 0 Å². The number of piperazine rings is 1. The molecule has 18 heavy (non-hydrogen) atoms. The lowest BCUT2D eigenvalue weighted by atomic mass is 10.1. The number of hydrogen-bond donors (Lipinski definition) is 1. The first kappa shape index (κ1) is 12.9. The Hall–Kier alpha value is -1.57. The summed E-state index contributed by atoms with van der Waals surface area (Å²) in [4.78, 5) is 4.46. The molecule has 0 aromatic heterocycles. The van der Waals surface area contributed by atoms with Crippen LogP contribution < -0.4 is 4.90 Å². The maximum absolute atomic E-state index is 9.42. The second-order valence-corrected chi connectivity index (χ2v) is 4.92. The van der Waals surface area contributed by atoms with Gasteiger partial charge in [0.2, 0.25) is 0 Å². The lowest BCUT2D eigenvalue weighted by Crippen LogP contribution is -2.57. The maximum atomic E-state index is 9.42. The molecule has 1 aromatic rings. The minimum atomic E-state index is 0.152. The molecule has 4 heteroatoms. The Kier molecular flexibility index (Phi) is 3.85. The van der Waals surface area contributed by atoms with E-state index in [1.807, 2.05) is 24.3 Å². The van der Waals surface area contributed by atoms with Gasteiger partial charge in [0.1, 0.15) is 0 Å². The highest BCUT2D eigenvalue weighted by molar-refractivity contribution is 5.52. The van der Waals surface area contributed by atoms with E-state index in [4.69, 9.17) is 5.26 Å². The summed E-state index contributed by atoms with van der Waals surface area (Å²) in [5.74, 6) is 0. The van der Waals surface area contributed by atoms with Gasteiger partial charge in [-0.25, -0.2) is 0 Å². The Morgan fingerprint density at radius 3 is 2.89 bits per heavy atom. The van der Waals surface area contributed by atoms with E-state index in [0.717, 1.165) is 18.8 Å². The maximum Gasteiger partial charge on any atom is 0.0992 e. The van der Waals surface area contributed by atoms with Crippen LogP contribution in [0.1, 0.15) is 12.5 Å². The van der Waals surface area contributed by atoms with E-state index in [1.165, 1.54) is 0 Å².